The lowest BCUT2D eigenvalue weighted by atomic mass is 10.2. The van der Waals surface area contributed by atoms with Crippen molar-refractivity contribution in [2.45, 2.75) is 20.8 Å². The molecule has 2 aromatic rings. The molecule has 1 fully saturated rings. The van der Waals surface area contributed by atoms with Crippen molar-refractivity contribution in [3.63, 3.8) is 0 Å². The highest BCUT2D eigenvalue weighted by Crippen LogP contribution is 2.16. The van der Waals surface area contributed by atoms with Crippen molar-refractivity contribution in [2.75, 3.05) is 44.2 Å². The van der Waals surface area contributed by atoms with Gasteiger partial charge in [0.2, 0.25) is 5.95 Å². The summed E-state index contributed by atoms with van der Waals surface area (Å²) in [5, 5.41) is 0. The van der Waals surface area contributed by atoms with Crippen LogP contribution < -0.4 is 4.90 Å². The molecule has 0 unspecified atom stereocenters. The highest BCUT2D eigenvalue weighted by Gasteiger charge is 2.26. The standard InChI is InChI=1S/C19H25N5O3/c1-4-22(5-2)17(25)15-13-14(3)20-19(21-15)24-10-8-23(9-11-24)18(26)16-7-6-12-27-16/h6-7,12-13H,4-5,8-11H2,1-3H3. The number of piperazine rings is 1. The molecule has 0 saturated carbocycles. The molecular weight excluding hydrogens is 346 g/mol. The quantitative estimate of drug-likeness (QED) is 0.797. The first-order valence-electron chi connectivity index (χ1n) is 9.26. The smallest absolute Gasteiger partial charge is 0.289 e. The molecule has 0 spiro atoms. The van der Waals surface area contributed by atoms with Gasteiger partial charge in [0.15, 0.2) is 5.76 Å². The van der Waals surface area contributed by atoms with Gasteiger partial charge in [0.1, 0.15) is 5.69 Å². The number of furan rings is 1. The Balaban J connectivity index is 1.71. The first-order valence-corrected chi connectivity index (χ1v) is 9.26. The maximum Gasteiger partial charge on any atom is 0.289 e. The zero-order valence-corrected chi connectivity index (χ0v) is 16.0. The van der Waals surface area contributed by atoms with Gasteiger partial charge < -0.3 is 19.1 Å². The molecule has 27 heavy (non-hydrogen) atoms. The van der Waals surface area contributed by atoms with Crippen LogP contribution in [0, 0.1) is 6.92 Å². The predicted octanol–water partition coefficient (Wildman–Crippen LogP) is 1.82. The molecule has 144 valence electrons. The monoisotopic (exact) mass is 371 g/mol. The molecule has 0 atom stereocenters. The lowest BCUT2D eigenvalue weighted by molar-refractivity contribution is 0.0714. The number of nitrogens with zero attached hydrogens (tertiary/aromatic N) is 5. The zero-order valence-electron chi connectivity index (χ0n) is 16.0. The third-order valence-electron chi connectivity index (χ3n) is 4.69. The summed E-state index contributed by atoms with van der Waals surface area (Å²) in [6.07, 6.45) is 1.50. The first-order chi connectivity index (χ1) is 13.0. The molecule has 0 aromatic carbocycles. The molecule has 8 nitrogen and oxygen atoms in total. The van der Waals surface area contributed by atoms with Gasteiger partial charge in [0.25, 0.3) is 11.8 Å². The van der Waals surface area contributed by atoms with Crippen molar-refractivity contribution in [3.8, 4) is 0 Å². The molecule has 0 N–H and O–H groups in total. The van der Waals surface area contributed by atoms with Crippen molar-refractivity contribution in [1.82, 2.24) is 19.8 Å². The molecule has 0 bridgehead atoms. The summed E-state index contributed by atoms with van der Waals surface area (Å²) in [7, 11) is 0. The molecule has 2 aromatic heterocycles. The van der Waals surface area contributed by atoms with Crippen LogP contribution in [0.4, 0.5) is 5.95 Å². The van der Waals surface area contributed by atoms with Crippen LogP contribution in [0.3, 0.4) is 0 Å². The molecular formula is C19H25N5O3. The normalized spacial score (nSPS) is 14.3. The number of hydrogen-bond acceptors (Lipinski definition) is 6. The van der Waals surface area contributed by atoms with E-state index in [0.29, 0.717) is 56.7 Å². The minimum absolute atomic E-state index is 0.0848. The van der Waals surface area contributed by atoms with Crippen LogP contribution in [-0.4, -0.2) is 70.9 Å². The number of carbonyl (C=O) groups excluding carboxylic acids is 2. The lowest BCUT2D eigenvalue weighted by Crippen LogP contribution is -2.49. The van der Waals surface area contributed by atoms with Gasteiger partial charge >= 0.3 is 0 Å². The number of hydrogen-bond donors (Lipinski definition) is 0. The van der Waals surface area contributed by atoms with Crippen LogP contribution in [0.1, 0.15) is 40.6 Å². The largest absolute Gasteiger partial charge is 0.459 e. The van der Waals surface area contributed by atoms with Crippen LogP contribution in [0.15, 0.2) is 28.9 Å². The Hall–Kier alpha value is -2.90. The van der Waals surface area contributed by atoms with Crippen LogP contribution in [0.2, 0.25) is 0 Å². The highest BCUT2D eigenvalue weighted by atomic mass is 16.3. The van der Waals surface area contributed by atoms with Gasteiger partial charge in [0, 0.05) is 45.0 Å². The van der Waals surface area contributed by atoms with E-state index in [-0.39, 0.29) is 11.8 Å². The molecule has 0 aliphatic carbocycles. The third kappa shape index (κ3) is 4.10. The summed E-state index contributed by atoms with van der Waals surface area (Å²) in [5.74, 6) is 0.693. The first kappa shape index (κ1) is 18.9. The second-order valence-corrected chi connectivity index (χ2v) is 6.43. The van der Waals surface area contributed by atoms with Crippen LogP contribution in [-0.2, 0) is 0 Å². The Labute approximate surface area is 158 Å². The van der Waals surface area contributed by atoms with E-state index in [9.17, 15) is 9.59 Å². The van der Waals surface area contributed by atoms with Crippen molar-refractivity contribution < 1.29 is 14.0 Å². The molecule has 2 amide bonds. The highest BCUT2D eigenvalue weighted by molar-refractivity contribution is 5.93. The van der Waals surface area contributed by atoms with Gasteiger partial charge in [0.05, 0.1) is 6.26 Å². The second kappa shape index (κ2) is 8.20. The minimum atomic E-state index is -0.109. The number of anilines is 1. The molecule has 8 heteroatoms. The maximum absolute atomic E-state index is 12.6. The van der Waals surface area contributed by atoms with Crippen molar-refractivity contribution in [2.24, 2.45) is 0 Å². The van der Waals surface area contributed by atoms with E-state index in [0.717, 1.165) is 5.69 Å². The molecule has 3 heterocycles. The number of aryl methyl sites for hydroxylation is 1. The molecule has 1 aliphatic rings. The molecule has 0 radical (unpaired) electrons. The number of aromatic nitrogens is 2. The summed E-state index contributed by atoms with van der Waals surface area (Å²) >= 11 is 0. The van der Waals surface area contributed by atoms with Gasteiger partial charge in [-0.05, 0) is 39.0 Å². The van der Waals surface area contributed by atoms with E-state index in [1.54, 1.807) is 28.0 Å². The maximum atomic E-state index is 12.6. The Kier molecular flexibility index (Phi) is 5.73. The van der Waals surface area contributed by atoms with Crippen LogP contribution in [0.25, 0.3) is 0 Å². The summed E-state index contributed by atoms with van der Waals surface area (Å²) in [5.41, 5.74) is 1.17. The Morgan fingerprint density at radius 1 is 1.15 bits per heavy atom. The zero-order chi connectivity index (χ0) is 19.4. The fraction of sp³-hybridized carbons (Fsp3) is 0.474. The van der Waals surface area contributed by atoms with Crippen molar-refractivity contribution in [1.29, 1.82) is 0 Å². The number of amides is 2. The summed E-state index contributed by atoms with van der Waals surface area (Å²) in [6, 6.07) is 5.10. The van der Waals surface area contributed by atoms with Gasteiger partial charge in [-0.15, -0.1) is 0 Å². The van der Waals surface area contributed by atoms with E-state index in [4.69, 9.17) is 4.42 Å². The average molecular weight is 371 g/mol. The SMILES string of the molecule is CCN(CC)C(=O)c1cc(C)nc(N2CCN(C(=O)c3ccco3)CC2)n1. The Bertz CT molecular complexity index is 794. The van der Waals surface area contributed by atoms with E-state index < -0.39 is 0 Å². The molecule has 3 rings (SSSR count). The summed E-state index contributed by atoms with van der Waals surface area (Å²) in [6.45, 7) is 9.36. The van der Waals surface area contributed by atoms with Gasteiger partial charge in [-0.2, -0.15) is 0 Å². The predicted molar refractivity (Wildman–Crippen MR) is 101 cm³/mol. The fourth-order valence-electron chi connectivity index (χ4n) is 3.14. The van der Waals surface area contributed by atoms with Gasteiger partial charge in [-0.3, -0.25) is 9.59 Å². The van der Waals surface area contributed by atoms with Crippen LogP contribution in [0.5, 0.6) is 0 Å². The van der Waals surface area contributed by atoms with Crippen molar-refractivity contribution >= 4 is 17.8 Å². The van der Waals surface area contributed by atoms with Crippen LogP contribution >= 0.6 is 0 Å². The van der Waals surface area contributed by atoms with E-state index >= 15 is 0 Å². The van der Waals surface area contributed by atoms with E-state index in [1.807, 2.05) is 25.7 Å². The van der Waals surface area contributed by atoms with Crippen molar-refractivity contribution in [3.05, 3.63) is 41.6 Å². The topological polar surface area (TPSA) is 82.8 Å². The van der Waals surface area contributed by atoms with Gasteiger partial charge in [-0.1, -0.05) is 0 Å². The molecule has 1 saturated heterocycles. The summed E-state index contributed by atoms with van der Waals surface area (Å²) < 4.78 is 5.19. The van der Waals surface area contributed by atoms with Gasteiger partial charge in [-0.25, -0.2) is 9.97 Å². The third-order valence-corrected chi connectivity index (χ3v) is 4.69. The Morgan fingerprint density at radius 2 is 1.85 bits per heavy atom. The average Bonchev–Trinajstić information content (AvgIpc) is 3.22. The second-order valence-electron chi connectivity index (χ2n) is 6.43. The fourth-order valence-corrected chi connectivity index (χ4v) is 3.14. The molecule has 1 aliphatic heterocycles. The number of carbonyl (C=O) groups is 2. The van der Waals surface area contributed by atoms with E-state index in [2.05, 4.69) is 9.97 Å². The number of rotatable bonds is 5. The lowest BCUT2D eigenvalue weighted by Gasteiger charge is -2.34. The Morgan fingerprint density at radius 3 is 2.44 bits per heavy atom. The summed E-state index contributed by atoms with van der Waals surface area (Å²) in [4.78, 5) is 39.5. The van der Waals surface area contributed by atoms with E-state index in [1.165, 1.54) is 6.26 Å². The minimum Gasteiger partial charge on any atom is -0.459 e.